The highest BCUT2D eigenvalue weighted by molar-refractivity contribution is 5.85. The van der Waals surface area contributed by atoms with Crippen LogP contribution >= 0.6 is 0 Å². The van der Waals surface area contributed by atoms with Crippen LogP contribution in [0.1, 0.15) is 19.4 Å². The van der Waals surface area contributed by atoms with Crippen LogP contribution in [0.3, 0.4) is 0 Å². The van der Waals surface area contributed by atoms with Crippen molar-refractivity contribution in [2.75, 3.05) is 0 Å². The fourth-order valence-corrected chi connectivity index (χ4v) is 1.16. The van der Waals surface area contributed by atoms with Crippen LogP contribution in [-0.4, -0.2) is 11.1 Å². The van der Waals surface area contributed by atoms with Crippen molar-refractivity contribution in [3.05, 3.63) is 41.2 Å². The van der Waals surface area contributed by atoms with Gasteiger partial charge in [-0.05, 0) is 44.0 Å². The molecule has 15 heavy (non-hydrogen) atoms. The lowest BCUT2D eigenvalue weighted by atomic mass is 10.2. The predicted octanol–water partition coefficient (Wildman–Crippen LogP) is 2.75. The molecule has 1 N–H and O–H groups in total. The molecule has 1 aromatic carbocycles. The number of hydrogen-bond donors (Lipinski definition) is 1. The van der Waals surface area contributed by atoms with Crippen molar-refractivity contribution < 1.29 is 14.6 Å². The van der Waals surface area contributed by atoms with E-state index in [0.717, 1.165) is 5.56 Å². The summed E-state index contributed by atoms with van der Waals surface area (Å²) in [6, 6.07) is 7.29. The van der Waals surface area contributed by atoms with E-state index >= 15 is 0 Å². The van der Waals surface area contributed by atoms with Crippen molar-refractivity contribution in [3.63, 3.8) is 0 Å². The fraction of sp³-hybridized carbons (Fsp3) is 0.250. The number of aryl methyl sites for hydroxylation is 1. The van der Waals surface area contributed by atoms with E-state index in [-0.39, 0.29) is 5.76 Å². The van der Waals surface area contributed by atoms with Gasteiger partial charge in [0, 0.05) is 0 Å². The number of ether oxygens (including phenoxy) is 1. The molecule has 0 heterocycles. The topological polar surface area (TPSA) is 46.5 Å². The molecule has 0 unspecified atom stereocenters. The van der Waals surface area contributed by atoms with Gasteiger partial charge in [0.25, 0.3) is 0 Å². The zero-order chi connectivity index (χ0) is 11.4. The first-order valence-corrected chi connectivity index (χ1v) is 4.66. The van der Waals surface area contributed by atoms with Crippen LogP contribution in [0.25, 0.3) is 0 Å². The third-order valence-corrected chi connectivity index (χ3v) is 1.86. The Labute approximate surface area is 89.0 Å². The Bertz CT molecular complexity index is 401. The smallest absolute Gasteiger partial charge is 0.371 e. The molecule has 0 amide bonds. The molecular formula is C12H14O3. The molecule has 0 atom stereocenters. The van der Waals surface area contributed by atoms with Crippen molar-refractivity contribution in [3.8, 4) is 5.75 Å². The van der Waals surface area contributed by atoms with Crippen LogP contribution in [0, 0.1) is 6.92 Å². The van der Waals surface area contributed by atoms with Crippen LogP contribution in [0.2, 0.25) is 0 Å². The van der Waals surface area contributed by atoms with Gasteiger partial charge in [0.1, 0.15) is 5.75 Å². The summed E-state index contributed by atoms with van der Waals surface area (Å²) in [5, 5.41) is 8.89. The molecule has 0 fully saturated rings. The second-order valence-corrected chi connectivity index (χ2v) is 3.55. The zero-order valence-corrected chi connectivity index (χ0v) is 9.07. The highest BCUT2D eigenvalue weighted by atomic mass is 16.5. The maximum absolute atomic E-state index is 10.8. The van der Waals surface area contributed by atoms with Crippen molar-refractivity contribution in [1.29, 1.82) is 0 Å². The highest BCUT2D eigenvalue weighted by Gasteiger charge is 2.11. The number of aliphatic carboxylic acids is 1. The summed E-state index contributed by atoms with van der Waals surface area (Å²) >= 11 is 0. The molecule has 3 nitrogen and oxygen atoms in total. The van der Waals surface area contributed by atoms with Gasteiger partial charge in [0.2, 0.25) is 5.76 Å². The Morgan fingerprint density at radius 3 is 2.47 bits per heavy atom. The molecule has 0 aliphatic rings. The van der Waals surface area contributed by atoms with E-state index in [0.29, 0.717) is 11.3 Å². The monoisotopic (exact) mass is 206 g/mol. The number of carboxylic acids is 1. The molecule has 3 heteroatoms. The lowest BCUT2D eigenvalue weighted by molar-refractivity contribution is -0.135. The molecule has 0 spiro atoms. The minimum atomic E-state index is -1.04. The van der Waals surface area contributed by atoms with Gasteiger partial charge in [0.15, 0.2) is 0 Å². The van der Waals surface area contributed by atoms with Crippen molar-refractivity contribution in [1.82, 2.24) is 0 Å². The van der Waals surface area contributed by atoms with E-state index < -0.39 is 5.97 Å². The van der Waals surface area contributed by atoms with Crippen LogP contribution in [0.15, 0.2) is 35.6 Å². The molecule has 0 saturated heterocycles. The Hall–Kier alpha value is -1.77. The van der Waals surface area contributed by atoms with Gasteiger partial charge in [-0.3, -0.25) is 0 Å². The molecule has 1 rings (SSSR count). The van der Waals surface area contributed by atoms with Crippen LogP contribution in [-0.2, 0) is 4.79 Å². The molecule has 0 saturated carbocycles. The zero-order valence-electron chi connectivity index (χ0n) is 9.07. The highest BCUT2D eigenvalue weighted by Crippen LogP contribution is 2.17. The third-order valence-electron chi connectivity index (χ3n) is 1.86. The van der Waals surface area contributed by atoms with Crippen LogP contribution in [0.5, 0.6) is 5.75 Å². The number of benzene rings is 1. The summed E-state index contributed by atoms with van der Waals surface area (Å²) in [5.41, 5.74) is 1.68. The molecule has 0 bridgehead atoms. The van der Waals surface area contributed by atoms with Crippen LogP contribution < -0.4 is 4.74 Å². The van der Waals surface area contributed by atoms with E-state index in [1.165, 1.54) is 0 Å². The van der Waals surface area contributed by atoms with Crippen molar-refractivity contribution in [2.24, 2.45) is 0 Å². The van der Waals surface area contributed by atoms with Crippen LogP contribution in [0.4, 0.5) is 0 Å². The summed E-state index contributed by atoms with van der Waals surface area (Å²) in [4.78, 5) is 10.8. The van der Waals surface area contributed by atoms with Gasteiger partial charge in [-0.2, -0.15) is 0 Å². The van der Waals surface area contributed by atoms with Crippen molar-refractivity contribution in [2.45, 2.75) is 20.8 Å². The first-order valence-electron chi connectivity index (χ1n) is 4.66. The van der Waals surface area contributed by atoms with E-state index in [9.17, 15) is 4.79 Å². The molecule has 0 aromatic heterocycles. The van der Waals surface area contributed by atoms with Gasteiger partial charge in [-0.15, -0.1) is 0 Å². The maximum Gasteiger partial charge on any atom is 0.371 e. The first kappa shape index (κ1) is 11.3. The van der Waals surface area contributed by atoms with Gasteiger partial charge in [-0.25, -0.2) is 4.79 Å². The number of carbonyl (C=O) groups is 1. The normalized spacial score (nSPS) is 9.53. The second kappa shape index (κ2) is 4.64. The molecule has 80 valence electrons. The molecule has 1 aromatic rings. The minimum Gasteiger partial charge on any atom is -0.475 e. The number of rotatable bonds is 3. The standard InChI is InChI=1S/C12H14O3/c1-8(2)11(12(13)14)15-10-6-4-5-9(3)7-10/h4-7H,1-3H3,(H,13,14). The number of allylic oxidation sites excluding steroid dienone is 1. The molecule has 0 aliphatic heterocycles. The maximum atomic E-state index is 10.8. The lowest BCUT2D eigenvalue weighted by Gasteiger charge is -2.08. The minimum absolute atomic E-state index is 0.0133. The Kier molecular flexibility index (Phi) is 3.50. The van der Waals surface area contributed by atoms with Gasteiger partial charge in [-0.1, -0.05) is 12.1 Å². The SMILES string of the molecule is CC(C)=C(Oc1cccc(C)c1)C(=O)O. The Morgan fingerprint density at radius 1 is 1.33 bits per heavy atom. The van der Waals surface area contributed by atoms with E-state index in [4.69, 9.17) is 9.84 Å². The molecule has 0 radical (unpaired) electrons. The third kappa shape index (κ3) is 3.13. The summed E-state index contributed by atoms with van der Waals surface area (Å²) < 4.78 is 5.30. The summed E-state index contributed by atoms with van der Waals surface area (Å²) in [7, 11) is 0. The average Bonchev–Trinajstić information content (AvgIpc) is 2.13. The van der Waals surface area contributed by atoms with Gasteiger partial charge < -0.3 is 9.84 Å². The quantitative estimate of drug-likeness (QED) is 0.611. The second-order valence-electron chi connectivity index (χ2n) is 3.55. The van der Waals surface area contributed by atoms with Gasteiger partial charge >= 0.3 is 5.97 Å². The summed E-state index contributed by atoms with van der Waals surface area (Å²) in [5.74, 6) is -0.509. The fourth-order valence-electron chi connectivity index (χ4n) is 1.16. The molecular weight excluding hydrogens is 192 g/mol. The summed E-state index contributed by atoms with van der Waals surface area (Å²) in [6.45, 7) is 5.34. The Morgan fingerprint density at radius 2 is 2.00 bits per heavy atom. The van der Waals surface area contributed by atoms with Gasteiger partial charge in [0.05, 0.1) is 0 Å². The lowest BCUT2D eigenvalue weighted by Crippen LogP contribution is -2.09. The van der Waals surface area contributed by atoms with E-state index in [1.54, 1.807) is 26.0 Å². The summed E-state index contributed by atoms with van der Waals surface area (Å²) in [6.07, 6.45) is 0. The number of carboxylic acid groups (broad SMARTS) is 1. The average molecular weight is 206 g/mol. The largest absolute Gasteiger partial charge is 0.475 e. The predicted molar refractivity (Wildman–Crippen MR) is 57.8 cm³/mol. The van der Waals surface area contributed by atoms with Crippen molar-refractivity contribution >= 4 is 5.97 Å². The molecule has 0 aliphatic carbocycles. The number of hydrogen-bond acceptors (Lipinski definition) is 2. The Balaban J connectivity index is 2.94. The first-order chi connectivity index (χ1) is 7.00. The van der Waals surface area contributed by atoms with E-state index in [1.807, 2.05) is 19.1 Å². The van der Waals surface area contributed by atoms with E-state index in [2.05, 4.69) is 0 Å².